The molecule has 0 saturated carbocycles. The Morgan fingerprint density at radius 2 is 2.17 bits per heavy atom. The standard InChI is InChI=1S/C12H20N2O4/c1-4-18-11(16)5-6-13-9-7-10(15)14(8(2)3)12(9)17/h8-9,13H,4-7H2,1-3H3. The van der Waals surface area contributed by atoms with Crippen LogP contribution in [-0.2, 0) is 19.1 Å². The van der Waals surface area contributed by atoms with E-state index < -0.39 is 6.04 Å². The first-order chi connectivity index (χ1) is 8.47. The SMILES string of the molecule is CCOC(=O)CCNC1CC(=O)N(C(C)C)C1=O. The summed E-state index contributed by atoms with van der Waals surface area (Å²) in [6.45, 7) is 6.04. The molecule has 0 aromatic carbocycles. The average molecular weight is 256 g/mol. The highest BCUT2D eigenvalue weighted by atomic mass is 16.5. The van der Waals surface area contributed by atoms with Gasteiger partial charge >= 0.3 is 5.97 Å². The van der Waals surface area contributed by atoms with Crippen LogP contribution in [0.1, 0.15) is 33.6 Å². The number of amides is 2. The van der Waals surface area contributed by atoms with E-state index in [1.165, 1.54) is 4.90 Å². The lowest BCUT2D eigenvalue weighted by molar-refractivity contribution is -0.144. The van der Waals surface area contributed by atoms with Crippen LogP contribution in [0.25, 0.3) is 0 Å². The summed E-state index contributed by atoms with van der Waals surface area (Å²) in [6, 6.07) is -0.629. The van der Waals surface area contributed by atoms with E-state index in [0.29, 0.717) is 13.2 Å². The third kappa shape index (κ3) is 3.53. The van der Waals surface area contributed by atoms with Gasteiger partial charge in [-0.1, -0.05) is 0 Å². The molecule has 1 aliphatic rings. The monoisotopic (exact) mass is 256 g/mol. The van der Waals surface area contributed by atoms with Crippen LogP contribution in [0.5, 0.6) is 0 Å². The molecule has 6 nitrogen and oxygen atoms in total. The summed E-state index contributed by atoms with van der Waals surface area (Å²) in [5, 5.41) is 2.92. The Kier molecular flexibility index (Phi) is 5.27. The van der Waals surface area contributed by atoms with Gasteiger partial charge in [0.2, 0.25) is 11.8 Å². The molecule has 1 unspecified atom stereocenters. The number of nitrogens with one attached hydrogen (secondary N) is 1. The van der Waals surface area contributed by atoms with Crippen LogP contribution in [0.3, 0.4) is 0 Å². The first-order valence-corrected chi connectivity index (χ1v) is 6.22. The molecule has 0 spiro atoms. The molecule has 1 atom stereocenters. The quantitative estimate of drug-likeness (QED) is 0.537. The highest BCUT2D eigenvalue weighted by Gasteiger charge is 2.39. The first-order valence-electron chi connectivity index (χ1n) is 6.22. The molecular formula is C12H20N2O4. The maximum atomic E-state index is 11.9. The molecule has 1 N–H and O–H groups in total. The van der Waals surface area contributed by atoms with Crippen LogP contribution in [-0.4, -0.2) is 47.9 Å². The van der Waals surface area contributed by atoms with Crippen molar-refractivity contribution in [3.63, 3.8) is 0 Å². The molecule has 1 fully saturated rings. The summed E-state index contributed by atoms with van der Waals surface area (Å²) in [6.07, 6.45) is 0.368. The maximum Gasteiger partial charge on any atom is 0.307 e. The van der Waals surface area contributed by atoms with E-state index in [0.717, 1.165) is 0 Å². The van der Waals surface area contributed by atoms with E-state index in [4.69, 9.17) is 4.74 Å². The number of rotatable bonds is 6. The largest absolute Gasteiger partial charge is 0.466 e. The van der Waals surface area contributed by atoms with Crippen LogP contribution in [0, 0.1) is 0 Å². The number of hydrogen-bond acceptors (Lipinski definition) is 5. The number of nitrogens with zero attached hydrogens (tertiary/aromatic N) is 1. The fourth-order valence-corrected chi connectivity index (χ4v) is 1.93. The lowest BCUT2D eigenvalue weighted by Crippen LogP contribution is -2.42. The number of imide groups is 1. The predicted molar refractivity (Wildman–Crippen MR) is 64.6 cm³/mol. The summed E-state index contributed by atoms with van der Waals surface area (Å²) in [4.78, 5) is 35.9. The van der Waals surface area contributed by atoms with Gasteiger partial charge in [0, 0.05) is 12.6 Å². The Morgan fingerprint density at radius 1 is 1.50 bits per heavy atom. The van der Waals surface area contributed by atoms with Gasteiger partial charge in [-0.25, -0.2) is 0 Å². The second-order valence-electron chi connectivity index (χ2n) is 4.46. The van der Waals surface area contributed by atoms with Gasteiger partial charge < -0.3 is 10.1 Å². The van der Waals surface area contributed by atoms with Crippen molar-refractivity contribution in [3.8, 4) is 0 Å². The second-order valence-corrected chi connectivity index (χ2v) is 4.46. The minimum Gasteiger partial charge on any atom is -0.466 e. The summed E-state index contributed by atoms with van der Waals surface area (Å²) >= 11 is 0. The third-order valence-electron chi connectivity index (χ3n) is 2.72. The van der Waals surface area contributed by atoms with Crippen molar-refractivity contribution in [1.82, 2.24) is 10.2 Å². The summed E-state index contributed by atoms with van der Waals surface area (Å²) in [7, 11) is 0. The van der Waals surface area contributed by atoms with Gasteiger partial charge in [-0.05, 0) is 20.8 Å². The van der Waals surface area contributed by atoms with Crippen molar-refractivity contribution < 1.29 is 19.1 Å². The Bertz CT molecular complexity index is 341. The molecule has 1 aliphatic heterocycles. The van der Waals surface area contributed by atoms with Crippen LogP contribution in [0.4, 0.5) is 0 Å². The molecule has 1 heterocycles. The molecule has 1 rings (SSSR count). The minimum atomic E-state index is -0.505. The van der Waals surface area contributed by atoms with Gasteiger partial charge in [-0.2, -0.15) is 0 Å². The Hall–Kier alpha value is -1.43. The average Bonchev–Trinajstić information content (AvgIpc) is 2.54. The molecule has 0 aromatic heterocycles. The molecule has 0 aromatic rings. The number of carbonyl (C=O) groups is 3. The van der Waals surface area contributed by atoms with Crippen LogP contribution < -0.4 is 5.32 Å². The van der Waals surface area contributed by atoms with Crippen molar-refractivity contribution in [1.29, 1.82) is 0 Å². The van der Waals surface area contributed by atoms with Crippen molar-refractivity contribution in [2.75, 3.05) is 13.2 Å². The Morgan fingerprint density at radius 3 is 2.67 bits per heavy atom. The molecule has 2 amide bonds. The van der Waals surface area contributed by atoms with E-state index in [-0.39, 0.29) is 36.7 Å². The smallest absolute Gasteiger partial charge is 0.307 e. The van der Waals surface area contributed by atoms with E-state index in [1.54, 1.807) is 20.8 Å². The molecule has 18 heavy (non-hydrogen) atoms. The number of likely N-dealkylation sites (tertiary alicyclic amines) is 1. The zero-order valence-corrected chi connectivity index (χ0v) is 11.1. The third-order valence-corrected chi connectivity index (χ3v) is 2.72. The summed E-state index contributed by atoms with van der Waals surface area (Å²) in [5.74, 6) is -0.676. The van der Waals surface area contributed by atoms with Gasteiger partial charge in [0.05, 0.1) is 25.5 Å². The lowest BCUT2D eigenvalue weighted by atomic mass is 10.2. The number of hydrogen-bond donors (Lipinski definition) is 1. The number of carbonyl (C=O) groups excluding carboxylic acids is 3. The zero-order chi connectivity index (χ0) is 13.7. The van der Waals surface area contributed by atoms with E-state index in [9.17, 15) is 14.4 Å². The lowest BCUT2D eigenvalue weighted by Gasteiger charge is -2.19. The topological polar surface area (TPSA) is 75.7 Å². The summed E-state index contributed by atoms with van der Waals surface area (Å²) < 4.78 is 4.77. The first kappa shape index (κ1) is 14.6. The van der Waals surface area contributed by atoms with Crippen molar-refractivity contribution in [2.45, 2.75) is 45.7 Å². The van der Waals surface area contributed by atoms with Crippen LogP contribution in [0.15, 0.2) is 0 Å². The summed E-state index contributed by atoms with van der Waals surface area (Å²) in [5.41, 5.74) is 0. The van der Waals surface area contributed by atoms with Crippen molar-refractivity contribution in [2.24, 2.45) is 0 Å². The fourth-order valence-electron chi connectivity index (χ4n) is 1.93. The zero-order valence-electron chi connectivity index (χ0n) is 11.1. The molecule has 0 bridgehead atoms. The number of esters is 1. The van der Waals surface area contributed by atoms with Crippen LogP contribution >= 0.6 is 0 Å². The molecule has 0 aliphatic carbocycles. The molecular weight excluding hydrogens is 236 g/mol. The van der Waals surface area contributed by atoms with Gasteiger partial charge in [0.25, 0.3) is 0 Å². The molecule has 1 saturated heterocycles. The van der Waals surface area contributed by atoms with Gasteiger partial charge in [-0.3, -0.25) is 19.3 Å². The van der Waals surface area contributed by atoms with Crippen molar-refractivity contribution in [3.05, 3.63) is 0 Å². The van der Waals surface area contributed by atoms with E-state index in [2.05, 4.69) is 5.32 Å². The molecule has 102 valence electrons. The van der Waals surface area contributed by atoms with E-state index >= 15 is 0 Å². The Balaban J connectivity index is 2.39. The van der Waals surface area contributed by atoms with Crippen LogP contribution in [0.2, 0.25) is 0 Å². The van der Waals surface area contributed by atoms with Gasteiger partial charge in [0.1, 0.15) is 0 Å². The Labute approximate surface area is 107 Å². The highest BCUT2D eigenvalue weighted by molar-refractivity contribution is 6.05. The maximum absolute atomic E-state index is 11.9. The highest BCUT2D eigenvalue weighted by Crippen LogP contribution is 2.15. The predicted octanol–water partition coefficient (Wildman–Crippen LogP) is 0.0651. The number of ether oxygens (including phenoxy) is 1. The van der Waals surface area contributed by atoms with Gasteiger partial charge in [0.15, 0.2) is 0 Å². The molecule has 0 radical (unpaired) electrons. The normalized spacial score (nSPS) is 19.8. The minimum absolute atomic E-state index is 0.123. The van der Waals surface area contributed by atoms with E-state index in [1.807, 2.05) is 0 Å². The van der Waals surface area contributed by atoms with Crippen molar-refractivity contribution >= 4 is 17.8 Å². The fraction of sp³-hybridized carbons (Fsp3) is 0.750. The molecule has 6 heteroatoms. The van der Waals surface area contributed by atoms with Gasteiger partial charge in [-0.15, -0.1) is 0 Å². The second kappa shape index (κ2) is 6.49.